The second-order valence-electron chi connectivity index (χ2n) is 3.84. The van der Waals surface area contributed by atoms with E-state index in [9.17, 15) is 13.6 Å². The number of alkyl halides is 2. The quantitative estimate of drug-likeness (QED) is 0.874. The molecule has 0 bridgehead atoms. The molecular formula is C12H13Cl2F2NO3. The molecule has 0 aliphatic rings. The van der Waals surface area contributed by atoms with E-state index < -0.39 is 25.5 Å². The van der Waals surface area contributed by atoms with E-state index in [1.807, 2.05) is 0 Å². The molecule has 4 nitrogen and oxygen atoms in total. The van der Waals surface area contributed by atoms with Crippen molar-refractivity contribution in [1.29, 1.82) is 0 Å². The van der Waals surface area contributed by atoms with E-state index in [-0.39, 0.29) is 27.9 Å². The smallest absolute Gasteiger partial charge is 0.255 e. The molecule has 1 amide bonds. The molecule has 0 fully saturated rings. The van der Waals surface area contributed by atoms with E-state index in [1.165, 1.54) is 19.2 Å². The first-order chi connectivity index (χ1) is 9.40. The Hall–Kier alpha value is -1.11. The van der Waals surface area contributed by atoms with Crippen LogP contribution in [0.4, 0.5) is 8.78 Å². The van der Waals surface area contributed by atoms with Gasteiger partial charge >= 0.3 is 0 Å². The number of carbonyl (C=O) groups is 1. The minimum atomic E-state index is -2.70. The number of ether oxygens (including phenoxy) is 1. The van der Waals surface area contributed by atoms with Gasteiger partial charge in [0.1, 0.15) is 0 Å². The number of aliphatic hydroxyl groups is 1. The standard InChI is InChI=1S/C12H13Cl2F2NO3/c1-20-11-8(13)4-7(5-9(11)14)12(19)17(2-3-18)6-10(15)16/h4-5,10,18H,2-3,6H2,1H3. The number of hydrogen-bond donors (Lipinski definition) is 1. The van der Waals surface area contributed by atoms with E-state index in [0.717, 1.165) is 4.90 Å². The lowest BCUT2D eigenvalue weighted by Crippen LogP contribution is -2.37. The molecule has 0 aliphatic heterocycles. The number of benzene rings is 1. The van der Waals surface area contributed by atoms with Crippen molar-refractivity contribution in [2.45, 2.75) is 6.43 Å². The van der Waals surface area contributed by atoms with E-state index in [0.29, 0.717) is 0 Å². The molecular weight excluding hydrogens is 315 g/mol. The Bertz CT molecular complexity index is 463. The van der Waals surface area contributed by atoms with Gasteiger partial charge in [0.25, 0.3) is 12.3 Å². The minimum absolute atomic E-state index is 0.0508. The van der Waals surface area contributed by atoms with Gasteiger partial charge < -0.3 is 14.7 Å². The second kappa shape index (κ2) is 7.61. The van der Waals surface area contributed by atoms with Gasteiger partial charge in [0.15, 0.2) is 5.75 Å². The molecule has 0 atom stereocenters. The third-order valence-electron chi connectivity index (χ3n) is 2.46. The summed E-state index contributed by atoms with van der Waals surface area (Å²) in [5.74, 6) is -0.488. The number of hydrogen-bond acceptors (Lipinski definition) is 3. The van der Waals surface area contributed by atoms with Crippen LogP contribution in [0.3, 0.4) is 0 Å². The summed E-state index contributed by atoms with van der Waals surface area (Å²) >= 11 is 11.8. The number of methoxy groups -OCH3 is 1. The maximum Gasteiger partial charge on any atom is 0.255 e. The van der Waals surface area contributed by atoms with Gasteiger partial charge in [-0.25, -0.2) is 8.78 Å². The highest BCUT2D eigenvalue weighted by molar-refractivity contribution is 6.37. The van der Waals surface area contributed by atoms with Crippen LogP contribution in [0.1, 0.15) is 10.4 Å². The maximum absolute atomic E-state index is 12.4. The third-order valence-corrected chi connectivity index (χ3v) is 3.03. The van der Waals surface area contributed by atoms with Crippen molar-refractivity contribution >= 4 is 29.1 Å². The van der Waals surface area contributed by atoms with Crippen LogP contribution in [-0.4, -0.2) is 49.1 Å². The topological polar surface area (TPSA) is 49.8 Å². The highest BCUT2D eigenvalue weighted by Crippen LogP contribution is 2.34. The van der Waals surface area contributed by atoms with Crippen LogP contribution < -0.4 is 4.74 Å². The van der Waals surface area contributed by atoms with E-state index in [2.05, 4.69) is 0 Å². The first kappa shape index (κ1) is 16.9. The van der Waals surface area contributed by atoms with Crippen molar-refractivity contribution in [2.75, 3.05) is 26.8 Å². The van der Waals surface area contributed by atoms with Crippen molar-refractivity contribution in [3.05, 3.63) is 27.7 Å². The fourth-order valence-electron chi connectivity index (χ4n) is 1.62. The Morgan fingerprint density at radius 2 is 1.95 bits per heavy atom. The number of amides is 1. The zero-order chi connectivity index (χ0) is 15.3. The van der Waals surface area contributed by atoms with E-state index in [1.54, 1.807) is 0 Å². The Morgan fingerprint density at radius 1 is 1.40 bits per heavy atom. The van der Waals surface area contributed by atoms with Crippen LogP contribution in [0.5, 0.6) is 5.75 Å². The van der Waals surface area contributed by atoms with Crippen molar-refractivity contribution in [2.24, 2.45) is 0 Å². The van der Waals surface area contributed by atoms with Crippen molar-refractivity contribution in [3.8, 4) is 5.75 Å². The summed E-state index contributed by atoms with van der Waals surface area (Å²) in [5.41, 5.74) is 0.0508. The fourth-order valence-corrected chi connectivity index (χ4v) is 2.27. The van der Waals surface area contributed by atoms with Gasteiger partial charge in [-0.3, -0.25) is 4.79 Å². The molecule has 20 heavy (non-hydrogen) atoms. The SMILES string of the molecule is COc1c(Cl)cc(C(=O)N(CCO)CC(F)F)cc1Cl. The molecule has 1 N–H and O–H groups in total. The van der Waals surface area contributed by atoms with Crippen molar-refractivity contribution < 1.29 is 23.4 Å². The van der Waals surface area contributed by atoms with Crippen molar-refractivity contribution in [3.63, 3.8) is 0 Å². The van der Waals surface area contributed by atoms with Crippen molar-refractivity contribution in [1.82, 2.24) is 4.90 Å². The molecule has 0 saturated heterocycles. The van der Waals surface area contributed by atoms with Gasteiger partial charge in [-0.2, -0.15) is 0 Å². The second-order valence-corrected chi connectivity index (χ2v) is 4.65. The molecule has 1 rings (SSSR count). The number of aliphatic hydroxyl groups excluding tert-OH is 1. The number of rotatable bonds is 6. The van der Waals surface area contributed by atoms with Gasteiger partial charge in [-0.1, -0.05) is 23.2 Å². The first-order valence-electron chi connectivity index (χ1n) is 5.62. The minimum Gasteiger partial charge on any atom is -0.494 e. The van der Waals surface area contributed by atoms with Gasteiger partial charge in [-0.05, 0) is 12.1 Å². The Kier molecular flexibility index (Phi) is 6.45. The molecule has 0 radical (unpaired) electrons. The normalized spacial score (nSPS) is 10.8. The Morgan fingerprint density at radius 3 is 2.35 bits per heavy atom. The predicted octanol–water partition coefficient (Wildman–Crippen LogP) is 2.70. The summed E-state index contributed by atoms with van der Waals surface area (Å²) < 4.78 is 29.8. The van der Waals surface area contributed by atoms with Crippen LogP contribution >= 0.6 is 23.2 Å². The highest BCUT2D eigenvalue weighted by atomic mass is 35.5. The fraction of sp³-hybridized carbons (Fsp3) is 0.417. The van der Waals surface area contributed by atoms with Crippen LogP contribution in [-0.2, 0) is 0 Å². The van der Waals surface area contributed by atoms with E-state index in [4.69, 9.17) is 33.0 Å². The lowest BCUT2D eigenvalue weighted by Gasteiger charge is -2.21. The summed E-state index contributed by atoms with van der Waals surface area (Å²) in [5, 5.41) is 9.03. The average Bonchev–Trinajstić information content (AvgIpc) is 2.36. The van der Waals surface area contributed by atoms with Crippen LogP contribution in [0, 0.1) is 0 Å². The summed E-state index contributed by atoms with van der Waals surface area (Å²) in [6.07, 6.45) is -2.70. The number of carbonyl (C=O) groups excluding carboxylic acids is 1. The predicted molar refractivity (Wildman–Crippen MR) is 72.0 cm³/mol. The van der Waals surface area contributed by atoms with Crippen LogP contribution in [0.25, 0.3) is 0 Å². The Balaban J connectivity index is 3.05. The zero-order valence-electron chi connectivity index (χ0n) is 10.6. The third kappa shape index (κ3) is 4.19. The van der Waals surface area contributed by atoms with Crippen LogP contribution in [0.2, 0.25) is 10.0 Å². The first-order valence-corrected chi connectivity index (χ1v) is 6.37. The largest absolute Gasteiger partial charge is 0.494 e. The van der Waals surface area contributed by atoms with Gasteiger partial charge in [0.05, 0.1) is 30.3 Å². The Labute approximate surface area is 124 Å². The van der Waals surface area contributed by atoms with Gasteiger partial charge in [-0.15, -0.1) is 0 Å². The molecule has 8 heteroatoms. The molecule has 0 saturated carbocycles. The molecule has 1 aromatic rings. The summed E-state index contributed by atoms with van der Waals surface area (Å²) in [6.45, 7) is -1.40. The molecule has 0 heterocycles. The summed E-state index contributed by atoms with van der Waals surface area (Å²) in [7, 11) is 1.36. The summed E-state index contributed by atoms with van der Waals surface area (Å²) in [6, 6.07) is 2.56. The molecule has 112 valence electrons. The van der Waals surface area contributed by atoms with Crippen LogP contribution in [0.15, 0.2) is 12.1 Å². The lowest BCUT2D eigenvalue weighted by atomic mass is 10.2. The monoisotopic (exact) mass is 327 g/mol. The van der Waals surface area contributed by atoms with Gasteiger partial charge in [0.2, 0.25) is 0 Å². The lowest BCUT2D eigenvalue weighted by molar-refractivity contribution is 0.0509. The molecule has 0 aliphatic carbocycles. The molecule has 1 aromatic carbocycles. The average molecular weight is 328 g/mol. The number of nitrogens with zero attached hydrogens (tertiary/aromatic N) is 1. The molecule has 0 spiro atoms. The number of halogens is 4. The molecule has 0 aromatic heterocycles. The maximum atomic E-state index is 12.4. The zero-order valence-corrected chi connectivity index (χ0v) is 12.1. The highest BCUT2D eigenvalue weighted by Gasteiger charge is 2.21. The molecule has 0 unspecified atom stereocenters. The van der Waals surface area contributed by atoms with E-state index >= 15 is 0 Å². The summed E-state index contributed by atoms with van der Waals surface area (Å²) in [4.78, 5) is 12.9. The van der Waals surface area contributed by atoms with Gasteiger partial charge in [0, 0.05) is 12.1 Å².